The Morgan fingerprint density at radius 2 is 2.22 bits per heavy atom. The number of carboxylic acids is 1. The first kappa shape index (κ1) is 14.0. The molecule has 2 amide bonds. The van der Waals surface area contributed by atoms with E-state index in [1.165, 1.54) is 0 Å². The van der Waals surface area contributed by atoms with Crippen LogP contribution in [0.15, 0.2) is 12.4 Å². The molecule has 4 N–H and O–H groups in total. The van der Waals surface area contributed by atoms with E-state index < -0.39 is 18.0 Å². The standard InChI is InChI=1S/C11H18N4O3/c1-7(2)9(10(16)17)15-11(18)14-4-3-8-12-5-6-13-8/h5-7,9H,3-4H2,1-2H3,(H,12,13)(H,16,17)(H2,14,15,18)/t9-/m1/s1. The Balaban J connectivity index is 2.30. The Kier molecular flexibility index (Phi) is 5.16. The molecule has 1 rings (SSSR count). The lowest BCUT2D eigenvalue weighted by atomic mass is 10.1. The summed E-state index contributed by atoms with van der Waals surface area (Å²) in [6, 6.07) is -1.36. The molecule has 1 aromatic rings. The lowest BCUT2D eigenvalue weighted by Crippen LogP contribution is -2.48. The average Bonchev–Trinajstić information content (AvgIpc) is 2.78. The molecule has 0 saturated carbocycles. The van der Waals surface area contributed by atoms with Gasteiger partial charge >= 0.3 is 12.0 Å². The second kappa shape index (κ2) is 6.63. The monoisotopic (exact) mass is 254 g/mol. The van der Waals surface area contributed by atoms with Crippen molar-refractivity contribution in [3.8, 4) is 0 Å². The predicted molar refractivity (Wildman–Crippen MR) is 65.1 cm³/mol. The first-order valence-corrected chi connectivity index (χ1v) is 5.76. The number of carboxylic acid groups (broad SMARTS) is 1. The Hall–Kier alpha value is -2.05. The van der Waals surface area contributed by atoms with Crippen molar-refractivity contribution in [1.82, 2.24) is 20.6 Å². The van der Waals surface area contributed by atoms with E-state index in [2.05, 4.69) is 20.6 Å². The molecule has 1 aromatic heterocycles. The summed E-state index contributed by atoms with van der Waals surface area (Å²) in [6.45, 7) is 3.87. The number of nitrogens with zero attached hydrogens (tertiary/aromatic N) is 1. The molecule has 1 atom stereocenters. The number of carbonyl (C=O) groups is 2. The zero-order valence-corrected chi connectivity index (χ0v) is 10.4. The quantitative estimate of drug-likeness (QED) is 0.588. The maximum atomic E-state index is 11.5. The zero-order valence-electron chi connectivity index (χ0n) is 10.4. The first-order valence-electron chi connectivity index (χ1n) is 5.76. The van der Waals surface area contributed by atoms with Gasteiger partial charge in [-0.15, -0.1) is 0 Å². The number of urea groups is 1. The number of amides is 2. The fourth-order valence-electron chi connectivity index (χ4n) is 1.43. The van der Waals surface area contributed by atoms with Gasteiger partial charge in [0.15, 0.2) is 0 Å². The van der Waals surface area contributed by atoms with Gasteiger partial charge in [-0.25, -0.2) is 14.6 Å². The molecule has 0 bridgehead atoms. The van der Waals surface area contributed by atoms with Crippen molar-refractivity contribution in [3.05, 3.63) is 18.2 Å². The number of hydrogen-bond donors (Lipinski definition) is 4. The van der Waals surface area contributed by atoms with Gasteiger partial charge in [0.2, 0.25) is 0 Å². The van der Waals surface area contributed by atoms with E-state index in [1.807, 2.05) is 0 Å². The van der Waals surface area contributed by atoms with Gasteiger partial charge in [0.05, 0.1) is 0 Å². The molecule has 18 heavy (non-hydrogen) atoms. The van der Waals surface area contributed by atoms with Crippen LogP contribution in [0.3, 0.4) is 0 Å². The van der Waals surface area contributed by atoms with Crippen LogP contribution in [0.25, 0.3) is 0 Å². The lowest BCUT2D eigenvalue weighted by Gasteiger charge is -2.18. The summed E-state index contributed by atoms with van der Waals surface area (Å²) < 4.78 is 0. The highest BCUT2D eigenvalue weighted by atomic mass is 16.4. The molecule has 100 valence electrons. The molecule has 0 spiro atoms. The van der Waals surface area contributed by atoms with Gasteiger partial charge in [0.1, 0.15) is 11.9 Å². The van der Waals surface area contributed by atoms with Gasteiger partial charge in [-0.05, 0) is 5.92 Å². The topological polar surface area (TPSA) is 107 Å². The van der Waals surface area contributed by atoms with E-state index in [0.29, 0.717) is 13.0 Å². The molecule has 7 heteroatoms. The molecular formula is C11H18N4O3. The van der Waals surface area contributed by atoms with Crippen LogP contribution in [0.5, 0.6) is 0 Å². The van der Waals surface area contributed by atoms with Crippen LogP contribution in [-0.4, -0.2) is 39.7 Å². The van der Waals surface area contributed by atoms with Crippen LogP contribution in [0.1, 0.15) is 19.7 Å². The third-order valence-corrected chi connectivity index (χ3v) is 2.42. The minimum atomic E-state index is -1.04. The zero-order chi connectivity index (χ0) is 13.5. The van der Waals surface area contributed by atoms with Crippen LogP contribution in [0, 0.1) is 5.92 Å². The Morgan fingerprint density at radius 3 is 2.72 bits per heavy atom. The van der Waals surface area contributed by atoms with Gasteiger partial charge in [-0.2, -0.15) is 0 Å². The van der Waals surface area contributed by atoms with Gasteiger partial charge < -0.3 is 20.7 Å². The van der Waals surface area contributed by atoms with Crippen LogP contribution in [0.4, 0.5) is 4.79 Å². The van der Waals surface area contributed by atoms with E-state index in [4.69, 9.17) is 5.11 Å². The summed E-state index contributed by atoms with van der Waals surface area (Å²) >= 11 is 0. The second-order valence-electron chi connectivity index (χ2n) is 4.25. The van der Waals surface area contributed by atoms with Crippen molar-refractivity contribution in [1.29, 1.82) is 0 Å². The summed E-state index contributed by atoms with van der Waals surface area (Å²) in [5.41, 5.74) is 0. The van der Waals surface area contributed by atoms with E-state index in [0.717, 1.165) is 5.82 Å². The third-order valence-electron chi connectivity index (χ3n) is 2.42. The molecular weight excluding hydrogens is 236 g/mol. The molecule has 0 radical (unpaired) electrons. The minimum absolute atomic E-state index is 0.168. The van der Waals surface area contributed by atoms with E-state index >= 15 is 0 Å². The third kappa shape index (κ3) is 4.44. The lowest BCUT2D eigenvalue weighted by molar-refractivity contribution is -0.140. The smallest absolute Gasteiger partial charge is 0.326 e. The highest BCUT2D eigenvalue weighted by Gasteiger charge is 2.22. The van der Waals surface area contributed by atoms with Gasteiger partial charge in [-0.3, -0.25) is 0 Å². The predicted octanol–water partition coefficient (Wildman–Crippen LogP) is 0.361. The van der Waals surface area contributed by atoms with Crippen LogP contribution in [-0.2, 0) is 11.2 Å². The number of hydrogen-bond acceptors (Lipinski definition) is 3. The molecule has 0 unspecified atom stereocenters. The molecule has 0 fully saturated rings. The number of carbonyl (C=O) groups excluding carboxylic acids is 1. The summed E-state index contributed by atoms with van der Waals surface area (Å²) in [5, 5.41) is 13.9. The van der Waals surface area contributed by atoms with Gasteiger partial charge in [-0.1, -0.05) is 13.8 Å². The van der Waals surface area contributed by atoms with Crippen molar-refractivity contribution in [2.24, 2.45) is 5.92 Å². The Labute approximate surface area is 105 Å². The van der Waals surface area contributed by atoms with Crippen molar-refractivity contribution >= 4 is 12.0 Å². The van der Waals surface area contributed by atoms with Gasteiger partial charge in [0, 0.05) is 25.4 Å². The maximum Gasteiger partial charge on any atom is 0.326 e. The van der Waals surface area contributed by atoms with E-state index in [1.54, 1.807) is 26.2 Å². The molecule has 0 saturated heterocycles. The molecule has 0 aromatic carbocycles. The number of nitrogens with one attached hydrogen (secondary N) is 3. The van der Waals surface area contributed by atoms with Crippen molar-refractivity contribution in [3.63, 3.8) is 0 Å². The minimum Gasteiger partial charge on any atom is -0.480 e. The van der Waals surface area contributed by atoms with E-state index in [-0.39, 0.29) is 5.92 Å². The number of aliphatic carboxylic acids is 1. The Bertz CT molecular complexity index is 389. The molecule has 1 heterocycles. The summed E-state index contributed by atoms with van der Waals surface area (Å²) in [5.74, 6) is -0.432. The first-order chi connectivity index (χ1) is 8.50. The molecule has 7 nitrogen and oxygen atoms in total. The normalized spacial score (nSPS) is 12.2. The number of rotatable bonds is 6. The molecule has 0 aliphatic carbocycles. The maximum absolute atomic E-state index is 11.5. The highest BCUT2D eigenvalue weighted by molar-refractivity contribution is 5.82. The SMILES string of the molecule is CC(C)[C@@H](NC(=O)NCCc1ncc[nH]1)C(=O)O. The number of aromatic nitrogens is 2. The molecule has 0 aliphatic heterocycles. The number of imidazole rings is 1. The second-order valence-corrected chi connectivity index (χ2v) is 4.25. The number of H-pyrrole nitrogens is 1. The van der Waals surface area contributed by atoms with Crippen molar-refractivity contribution in [2.45, 2.75) is 26.3 Å². The summed E-state index contributed by atoms with van der Waals surface area (Å²) in [4.78, 5) is 29.3. The van der Waals surface area contributed by atoms with Crippen molar-refractivity contribution < 1.29 is 14.7 Å². The number of aromatic amines is 1. The summed E-state index contributed by atoms with van der Waals surface area (Å²) in [6.07, 6.45) is 3.91. The van der Waals surface area contributed by atoms with Crippen LogP contribution in [0.2, 0.25) is 0 Å². The fraction of sp³-hybridized carbons (Fsp3) is 0.545. The average molecular weight is 254 g/mol. The molecule has 0 aliphatic rings. The van der Waals surface area contributed by atoms with Crippen molar-refractivity contribution in [2.75, 3.05) is 6.54 Å². The van der Waals surface area contributed by atoms with Crippen LogP contribution < -0.4 is 10.6 Å². The van der Waals surface area contributed by atoms with Crippen LogP contribution >= 0.6 is 0 Å². The highest BCUT2D eigenvalue weighted by Crippen LogP contribution is 2.01. The van der Waals surface area contributed by atoms with E-state index in [9.17, 15) is 9.59 Å². The summed E-state index contributed by atoms with van der Waals surface area (Å²) in [7, 11) is 0. The van der Waals surface area contributed by atoms with Gasteiger partial charge in [0.25, 0.3) is 0 Å². The largest absolute Gasteiger partial charge is 0.480 e. The fourth-order valence-corrected chi connectivity index (χ4v) is 1.43. The Morgan fingerprint density at radius 1 is 1.50 bits per heavy atom.